The number of amides is 1. The molecular formula is C17H26N2O3. The predicted molar refractivity (Wildman–Crippen MR) is 86.1 cm³/mol. The maximum Gasteiger partial charge on any atom is 0.254 e. The SMILES string of the molecule is Cc1cc(OC2CCN(C(=O)C(C)(C)C)CC2)cc(=O)n1C. The lowest BCUT2D eigenvalue weighted by molar-refractivity contribution is -0.141. The van der Waals surface area contributed by atoms with Crippen LogP contribution in [0.3, 0.4) is 0 Å². The molecule has 0 spiro atoms. The lowest BCUT2D eigenvalue weighted by atomic mass is 9.93. The molecular weight excluding hydrogens is 280 g/mol. The molecule has 0 aromatic carbocycles. The molecule has 22 heavy (non-hydrogen) atoms. The Hall–Kier alpha value is -1.78. The van der Waals surface area contributed by atoms with Crippen LogP contribution in [0, 0.1) is 12.3 Å². The predicted octanol–water partition coefficient (Wildman–Crippen LogP) is 2.11. The van der Waals surface area contributed by atoms with Crippen LogP contribution < -0.4 is 10.3 Å². The van der Waals surface area contributed by atoms with Crippen molar-refractivity contribution in [2.75, 3.05) is 13.1 Å². The van der Waals surface area contributed by atoms with E-state index < -0.39 is 0 Å². The minimum Gasteiger partial charge on any atom is -0.490 e. The van der Waals surface area contributed by atoms with E-state index in [1.807, 2.05) is 38.7 Å². The first-order valence-electron chi connectivity index (χ1n) is 7.82. The van der Waals surface area contributed by atoms with E-state index in [9.17, 15) is 9.59 Å². The number of rotatable bonds is 2. The van der Waals surface area contributed by atoms with Crippen LogP contribution in [0.4, 0.5) is 0 Å². The Balaban J connectivity index is 1.96. The topological polar surface area (TPSA) is 51.5 Å². The van der Waals surface area contributed by atoms with Crippen LogP contribution in [0.25, 0.3) is 0 Å². The zero-order chi connectivity index (χ0) is 16.5. The third-order valence-electron chi connectivity index (χ3n) is 4.15. The summed E-state index contributed by atoms with van der Waals surface area (Å²) >= 11 is 0. The van der Waals surface area contributed by atoms with Crippen LogP contribution in [0.5, 0.6) is 5.75 Å². The van der Waals surface area contributed by atoms with Crippen molar-refractivity contribution in [1.29, 1.82) is 0 Å². The summed E-state index contributed by atoms with van der Waals surface area (Å²) in [6.45, 7) is 9.15. The molecule has 2 heterocycles. The second kappa shape index (κ2) is 6.15. The Morgan fingerprint density at radius 3 is 2.32 bits per heavy atom. The number of hydrogen-bond donors (Lipinski definition) is 0. The number of ether oxygens (including phenoxy) is 1. The molecule has 0 bridgehead atoms. The van der Waals surface area contributed by atoms with E-state index in [4.69, 9.17) is 4.74 Å². The van der Waals surface area contributed by atoms with Crippen molar-refractivity contribution in [3.8, 4) is 5.75 Å². The summed E-state index contributed by atoms with van der Waals surface area (Å²) in [5.74, 6) is 0.816. The molecule has 1 aliphatic rings. The van der Waals surface area contributed by atoms with Gasteiger partial charge in [-0.2, -0.15) is 0 Å². The Morgan fingerprint density at radius 2 is 1.82 bits per heavy atom. The molecule has 0 saturated carbocycles. The van der Waals surface area contributed by atoms with E-state index in [1.54, 1.807) is 11.6 Å². The fourth-order valence-electron chi connectivity index (χ4n) is 2.65. The number of carbonyl (C=O) groups is 1. The van der Waals surface area contributed by atoms with Gasteiger partial charge in [-0.15, -0.1) is 0 Å². The van der Waals surface area contributed by atoms with E-state index in [-0.39, 0.29) is 23.0 Å². The number of piperidine rings is 1. The first kappa shape index (κ1) is 16.6. The Labute approximate surface area is 131 Å². The third-order valence-corrected chi connectivity index (χ3v) is 4.15. The van der Waals surface area contributed by atoms with E-state index in [2.05, 4.69) is 0 Å². The second-order valence-electron chi connectivity index (χ2n) is 7.09. The molecule has 5 nitrogen and oxygen atoms in total. The van der Waals surface area contributed by atoms with Gasteiger partial charge in [0.25, 0.3) is 5.56 Å². The van der Waals surface area contributed by atoms with Crippen molar-refractivity contribution >= 4 is 5.91 Å². The fourth-order valence-corrected chi connectivity index (χ4v) is 2.65. The number of hydrogen-bond acceptors (Lipinski definition) is 3. The van der Waals surface area contributed by atoms with Crippen LogP contribution >= 0.6 is 0 Å². The zero-order valence-corrected chi connectivity index (χ0v) is 14.2. The largest absolute Gasteiger partial charge is 0.490 e. The first-order valence-corrected chi connectivity index (χ1v) is 7.82. The average Bonchev–Trinajstić information content (AvgIpc) is 2.44. The molecule has 1 aliphatic heterocycles. The number of nitrogens with zero attached hydrogens (tertiary/aromatic N) is 2. The molecule has 0 N–H and O–H groups in total. The van der Waals surface area contributed by atoms with E-state index in [0.717, 1.165) is 18.5 Å². The van der Waals surface area contributed by atoms with Gasteiger partial charge in [-0.25, -0.2) is 0 Å². The van der Waals surface area contributed by atoms with Crippen molar-refractivity contribution < 1.29 is 9.53 Å². The molecule has 2 rings (SSSR count). The molecule has 122 valence electrons. The highest BCUT2D eigenvalue weighted by Crippen LogP contribution is 2.23. The summed E-state index contributed by atoms with van der Waals surface area (Å²) in [6, 6.07) is 3.41. The lowest BCUT2D eigenvalue weighted by Gasteiger charge is -2.35. The van der Waals surface area contributed by atoms with Crippen LogP contribution in [-0.4, -0.2) is 34.6 Å². The first-order chi connectivity index (χ1) is 10.2. The van der Waals surface area contributed by atoms with Gasteiger partial charge in [-0.3, -0.25) is 9.59 Å². The molecule has 1 amide bonds. The summed E-state index contributed by atoms with van der Waals surface area (Å²) < 4.78 is 7.53. The van der Waals surface area contributed by atoms with Gasteiger partial charge >= 0.3 is 0 Å². The number of pyridine rings is 1. The van der Waals surface area contributed by atoms with Crippen LogP contribution in [0.1, 0.15) is 39.3 Å². The Kier molecular flexibility index (Phi) is 4.63. The molecule has 1 saturated heterocycles. The van der Waals surface area contributed by atoms with Crippen molar-refractivity contribution in [2.24, 2.45) is 12.5 Å². The summed E-state index contributed by atoms with van der Waals surface area (Å²) in [4.78, 5) is 25.9. The van der Waals surface area contributed by atoms with Gasteiger partial charge in [-0.1, -0.05) is 20.8 Å². The quantitative estimate of drug-likeness (QED) is 0.841. The monoisotopic (exact) mass is 306 g/mol. The van der Waals surface area contributed by atoms with E-state index in [0.29, 0.717) is 18.8 Å². The third kappa shape index (κ3) is 3.70. The number of aryl methyl sites for hydroxylation is 1. The highest BCUT2D eigenvalue weighted by Gasteiger charge is 2.30. The molecule has 0 radical (unpaired) electrons. The number of carbonyl (C=O) groups excluding carboxylic acids is 1. The lowest BCUT2D eigenvalue weighted by Crippen LogP contribution is -2.46. The van der Waals surface area contributed by atoms with Crippen LogP contribution in [-0.2, 0) is 11.8 Å². The van der Waals surface area contributed by atoms with Gasteiger partial charge in [0.15, 0.2) is 0 Å². The van der Waals surface area contributed by atoms with Gasteiger partial charge in [0.2, 0.25) is 5.91 Å². The molecule has 1 aromatic rings. The summed E-state index contributed by atoms with van der Waals surface area (Å²) in [7, 11) is 1.75. The van der Waals surface area contributed by atoms with E-state index in [1.165, 1.54) is 6.07 Å². The van der Waals surface area contributed by atoms with Crippen molar-refractivity contribution in [2.45, 2.75) is 46.6 Å². The molecule has 0 aliphatic carbocycles. The Morgan fingerprint density at radius 1 is 1.23 bits per heavy atom. The Bertz CT molecular complexity index is 605. The summed E-state index contributed by atoms with van der Waals surface area (Å²) in [5, 5.41) is 0. The second-order valence-corrected chi connectivity index (χ2v) is 7.09. The smallest absolute Gasteiger partial charge is 0.254 e. The van der Waals surface area contributed by atoms with Crippen LogP contribution in [0.15, 0.2) is 16.9 Å². The van der Waals surface area contributed by atoms with Gasteiger partial charge < -0.3 is 14.2 Å². The maximum atomic E-state index is 12.3. The average molecular weight is 306 g/mol. The van der Waals surface area contributed by atoms with Crippen molar-refractivity contribution in [1.82, 2.24) is 9.47 Å². The van der Waals surface area contributed by atoms with E-state index >= 15 is 0 Å². The fraction of sp³-hybridized carbons (Fsp3) is 0.647. The van der Waals surface area contributed by atoms with Crippen molar-refractivity contribution in [3.05, 3.63) is 28.2 Å². The van der Waals surface area contributed by atoms with Gasteiger partial charge in [-0.05, 0) is 13.0 Å². The zero-order valence-electron chi connectivity index (χ0n) is 14.2. The molecule has 0 atom stereocenters. The minimum absolute atomic E-state index is 0.0599. The van der Waals surface area contributed by atoms with Crippen LogP contribution in [0.2, 0.25) is 0 Å². The van der Waals surface area contributed by atoms with Gasteiger partial charge in [0.05, 0.1) is 0 Å². The maximum absolute atomic E-state index is 12.3. The van der Waals surface area contributed by atoms with Gasteiger partial charge in [0, 0.05) is 50.2 Å². The number of likely N-dealkylation sites (tertiary alicyclic amines) is 1. The highest BCUT2D eigenvalue weighted by atomic mass is 16.5. The number of aromatic nitrogens is 1. The standard InChI is InChI=1S/C17H26N2O3/c1-12-10-14(11-15(20)18(12)5)22-13-6-8-19(9-7-13)16(21)17(2,3)4/h10-11,13H,6-9H2,1-5H3. The van der Waals surface area contributed by atoms with Crippen molar-refractivity contribution in [3.63, 3.8) is 0 Å². The summed E-state index contributed by atoms with van der Waals surface area (Å²) in [6.07, 6.45) is 1.67. The molecule has 0 unspecified atom stereocenters. The normalized spacial score (nSPS) is 16.7. The molecule has 5 heteroatoms. The summed E-state index contributed by atoms with van der Waals surface area (Å²) in [5.41, 5.74) is 0.481. The molecule has 1 fully saturated rings. The van der Waals surface area contributed by atoms with Gasteiger partial charge in [0.1, 0.15) is 11.9 Å². The highest BCUT2D eigenvalue weighted by molar-refractivity contribution is 5.81. The minimum atomic E-state index is -0.337. The molecule has 1 aromatic heterocycles.